The van der Waals surface area contributed by atoms with E-state index in [1.807, 2.05) is 49.4 Å². The third kappa shape index (κ3) is 5.50. The number of aryl methyl sites for hydroxylation is 1. The number of H-pyrrole nitrogens is 1. The minimum Gasteiger partial charge on any atom is -0.475 e. The SMILES string of the molecule is Cc1cc(OCC2(O)CC2)ncc1-c1cnc(-c2ncc(-c3ccccc3)[nH]2)c(Cl)c1.O.[W]. The average molecular weight is 635 g/mol. The zero-order valence-electron chi connectivity index (χ0n) is 17.9. The average Bonchev–Trinajstić information content (AvgIpc) is 3.32. The number of benzene rings is 1. The Morgan fingerprint density at radius 2 is 1.79 bits per heavy atom. The number of pyridine rings is 2. The van der Waals surface area contributed by atoms with Crippen molar-refractivity contribution in [1.82, 2.24) is 19.9 Å². The molecule has 1 aliphatic carbocycles. The number of nitrogens with one attached hydrogen (secondary N) is 1. The fourth-order valence-electron chi connectivity index (χ4n) is 3.37. The summed E-state index contributed by atoms with van der Waals surface area (Å²) in [5.74, 6) is 1.12. The maximum absolute atomic E-state index is 9.93. The van der Waals surface area contributed by atoms with Gasteiger partial charge in [-0.05, 0) is 37.0 Å². The van der Waals surface area contributed by atoms with Crippen LogP contribution in [-0.4, -0.2) is 42.7 Å². The van der Waals surface area contributed by atoms with Crippen LogP contribution in [0, 0.1) is 6.92 Å². The van der Waals surface area contributed by atoms with Gasteiger partial charge in [0.1, 0.15) is 12.3 Å². The molecule has 3 heterocycles. The molecule has 33 heavy (non-hydrogen) atoms. The third-order valence-corrected chi connectivity index (χ3v) is 5.73. The van der Waals surface area contributed by atoms with Gasteiger partial charge in [-0.3, -0.25) is 4.98 Å². The number of rotatable bonds is 6. The van der Waals surface area contributed by atoms with Crippen LogP contribution in [0.15, 0.2) is 61.1 Å². The van der Waals surface area contributed by atoms with Crippen LogP contribution in [-0.2, 0) is 21.1 Å². The maximum Gasteiger partial charge on any atom is 0.213 e. The van der Waals surface area contributed by atoms with Gasteiger partial charge in [0.2, 0.25) is 5.88 Å². The normalized spacial score (nSPS) is 13.5. The molecule has 1 aromatic carbocycles. The molecule has 0 saturated heterocycles. The summed E-state index contributed by atoms with van der Waals surface area (Å²) in [6, 6.07) is 13.7. The van der Waals surface area contributed by atoms with E-state index in [1.54, 1.807) is 18.6 Å². The first-order valence-corrected chi connectivity index (χ1v) is 10.5. The topological polar surface area (TPSA) is 115 Å². The molecule has 3 aromatic heterocycles. The largest absolute Gasteiger partial charge is 0.475 e. The summed E-state index contributed by atoms with van der Waals surface area (Å²) < 4.78 is 5.63. The van der Waals surface area contributed by atoms with Crippen molar-refractivity contribution in [1.29, 1.82) is 0 Å². The molecule has 0 amide bonds. The van der Waals surface area contributed by atoms with Crippen LogP contribution in [0.5, 0.6) is 5.88 Å². The summed E-state index contributed by atoms with van der Waals surface area (Å²) >= 11 is 6.56. The van der Waals surface area contributed by atoms with Crippen LogP contribution in [0.25, 0.3) is 33.9 Å². The monoisotopic (exact) mass is 634 g/mol. The number of imidazole rings is 1. The number of nitrogens with zero attached hydrogens (tertiary/aromatic N) is 3. The second kappa shape index (κ2) is 10.1. The zero-order valence-corrected chi connectivity index (χ0v) is 21.6. The van der Waals surface area contributed by atoms with Gasteiger partial charge in [-0.1, -0.05) is 41.9 Å². The Bertz CT molecular complexity index is 1250. The number of halogens is 1. The van der Waals surface area contributed by atoms with Crippen LogP contribution in [0.4, 0.5) is 0 Å². The standard InChI is InChI=1S/C24H21ClN4O2.H2O.W/c1-15-9-21(31-14-24(30)7-8-24)26-12-18(15)17-10-19(25)22(27-11-17)23-28-13-20(29-23)16-5-3-2-4-6-16;;/h2-6,9-13,30H,7-8,14H2,1H3,(H,28,29);1H2;. The molecule has 4 aromatic rings. The van der Waals surface area contributed by atoms with Crippen LogP contribution in [0.1, 0.15) is 18.4 Å². The summed E-state index contributed by atoms with van der Waals surface area (Å²) in [6.45, 7) is 2.26. The number of aliphatic hydroxyl groups is 1. The van der Waals surface area contributed by atoms with Gasteiger partial charge in [-0.2, -0.15) is 0 Å². The molecule has 9 heteroatoms. The van der Waals surface area contributed by atoms with Gasteiger partial charge in [0.15, 0.2) is 5.82 Å². The van der Waals surface area contributed by atoms with E-state index in [2.05, 4.69) is 19.9 Å². The van der Waals surface area contributed by atoms with Crippen LogP contribution in [0.3, 0.4) is 0 Å². The Labute approximate surface area is 210 Å². The minimum atomic E-state index is -0.673. The van der Waals surface area contributed by atoms with Crippen molar-refractivity contribution in [3.05, 3.63) is 71.6 Å². The summed E-state index contributed by atoms with van der Waals surface area (Å²) in [5, 5.41) is 10.4. The van der Waals surface area contributed by atoms with E-state index in [1.165, 1.54) is 0 Å². The molecule has 0 aliphatic heterocycles. The smallest absolute Gasteiger partial charge is 0.213 e. The van der Waals surface area contributed by atoms with Gasteiger partial charge >= 0.3 is 0 Å². The molecule has 7 nitrogen and oxygen atoms in total. The van der Waals surface area contributed by atoms with E-state index in [0.717, 1.165) is 40.8 Å². The van der Waals surface area contributed by atoms with Crippen molar-refractivity contribution in [2.45, 2.75) is 25.4 Å². The van der Waals surface area contributed by atoms with Crippen molar-refractivity contribution < 1.29 is 36.4 Å². The molecule has 170 valence electrons. The van der Waals surface area contributed by atoms with Crippen molar-refractivity contribution in [2.24, 2.45) is 0 Å². The van der Waals surface area contributed by atoms with Gasteiger partial charge < -0.3 is 20.3 Å². The molecule has 5 rings (SSSR count). The molecule has 4 N–H and O–H groups in total. The van der Waals surface area contributed by atoms with Crippen molar-refractivity contribution in [3.63, 3.8) is 0 Å². The minimum absolute atomic E-state index is 0. The van der Waals surface area contributed by atoms with Gasteiger partial charge in [-0.15, -0.1) is 0 Å². The predicted octanol–water partition coefficient (Wildman–Crippen LogP) is 4.24. The van der Waals surface area contributed by atoms with Gasteiger partial charge in [0.25, 0.3) is 0 Å². The predicted molar refractivity (Wildman–Crippen MR) is 124 cm³/mol. The van der Waals surface area contributed by atoms with Crippen LogP contribution < -0.4 is 4.74 Å². The maximum atomic E-state index is 9.93. The third-order valence-electron chi connectivity index (χ3n) is 5.44. The van der Waals surface area contributed by atoms with Crippen LogP contribution >= 0.6 is 11.6 Å². The van der Waals surface area contributed by atoms with E-state index >= 15 is 0 Å². The molecule has 0 spiro atoms. The second-order valence-corrected chi connectivity index (χ2v) is 8.32. The Kier molecular flexibility index (Phi) is 7.70. The molecule has 1 aliphatic rings. The molecule has 0 atom stereocenters. The number of aromatic amines is 1. The Hall–Kier alpha value is -2.57. The molecule has 1 fully saturated rings. The van der Waals surface area contributed by atoms with E-state index in [0.29, 0.717) is 22.4 Å². The molecule has 1 saturated carbocycles. The number of aromatic nitrogens is 4. The van der Waals surface area contributed by atoms with Crippen molar-refractivity contribution in [3.8, 4) is 39.8 Å². The van der Waals surface area contributed by atoms with E-state index < -0.39 is 5.60 Å². The summed E-state index contributed by atoms with van der Waals surface area (Å²) in [7, 11) is 0. The van der Waals surface area contributed by atoms with E-state index in [9.17, 15) is 5.11 Å². The Morgan fingerprint density at radius 3 is 2.45 bits per heavy atom. The van der Waals surface area contributed by atoms with E-state index in [4.69, 9.17) is 16.3 Å². The van der Waals surface area contributed by atoms with Gasteiger partial charge in [-0.25, -0.2) is 9.97 Å². The van der Waals surface area contributed by atoms with Crippen LogP contribution in [0.2, 0.25) is 5.02 Å². The molecular formula is C24H23ClN4O3W. The number of hydrogen-bond acceptors (Lipinski definition) is 5. The molecular weight excluding hydrogens is 612 g/mol. The first-order valence-electron chi connectivity index (χ1n) is 10.1. The molecule has 0 radical (unpaired) electrons. The number of hydrogen-bond donors (Lipinski definition) is 2. The Balaban J connectivity index is 0.00000153. The van der Waals surface area contributed by atoms with E-state index in [-0.39, 0.29) is 33.1 Å². The first-order chi connectivity index (χ1) is 15.0. The molecule has 0 unspecified atom stereocenters. The fourth-order valence-corrected chi connectivity index (χ4v) is 3.63. The Morgan fingerprint density at radius 1 is 1.03 bits per heavy atom. The quantitative estimate of drug-likeness (QED) is 0.329. The summed E-state index contributed by atoms with van der Waals surface area (Å²) in [6.07, 6.45) is 6.85. The van der Waals surface area contributed by atoms with Gasteiger partial charge in [0.05, 0.1) is 22.5 Å². The fraction of sp³-hybridized carbons (Fsp3) is 0.208. The second-order valence-electron chi connectivity index (χ2n) is 7.92. The molecule has 0 bridgehead atoms. The van der Waals surface area contributed by atoms with Crippen molar-refractivity contribution in [2.75, 3.05) is 6.61 Å². The number of ether oxygens (including phenoxy) is 1. The van der Waals surface area contributed by atoms with Crippen molar-refractivity contribution >= 4 is 11.6 Å². The first kappa shape index (κ1) is 25.1. The zero-order chi connectivity index (χ0) is 21.4. The summed E-state index contributed by atoms with van der Waals surface area (Å²) in [4.78, 5) is 16.7. The summed E-state index contributed by atoms with van der Waals surface area (Å²) in [5.41, 5.74) is 4.64. The van der Waals surface area contributed by atoms with Gasteiger partial charge in [0, 0.05) is 50.7 Å².